The van der Waals surface area contributed by atoms with Crippen LogP contribution in [-0.4, -0.2) is 16.3 Å². The zero-order valence-electron chi connectivity index (χ0n) is 4.75. The molecule has 1 aromatic rings. The van der Waals surface area contributed by atoms with Crippen molar-refractivity contribution >= 4 is 5.91 Å². The second-order valence-corrected chi connectivity index (χ2v) is 1.52. The topological polar surface area (TPSA) is 95.3 Å². The molecule has 1 aromatic heterocycles. The van der Waals surface area contributed by atoms with Crippen molar-refractivity contribution in [1.29, 1.82) is 0 Å². The second kappa shape index (κ2) is 2.36. The van der Waals surface area contributed by atoms with Gasteiger partial charge in [0.05, 0.1) is 6.07 Å². The molecule has 0 aliphatic heterocycles. The molecule has 1 amide bonds. The highest BCUT2D eigenvalue weighted by molar-refractivity contribution is 5.90. The van der Waals surface area contributed by atoms with Crippen molar-refractivity contribution in [1.82, 2.24) is 10.6 Å². The summed E-state index contributed by atoms with van der Waals surface area (Å²) in [4.78, 5) is 20.7. The smallest absolute Gasteiger partial charge is 0.313 e. The van der Waals surface area contributed by atoms with E-state index in [1.807, 2.05) is 5.16 Å². The fraction of sp³-hybridized carbons (Fsp3) is 0. The highest BCUT2D eigenvalue weighted by Crippen LogP contribution is 1.89. The highest BCUT2D eigenvalue weighted by atomic mass is 16.5. The third-order valence-electron chi connectivity index (χ3n) is 0.849. The van der Waals surface area contributed by atoms with Gasteiger partial charge in [-0.1, -0.05) is 0 Å². The molecule has 1 heterocycles. The standard InChI is InChI=1S/C4H4N2O4/c7-3-1-2(10-6-3)4(8)5-9/h1,9H,(H,5,8)(H,6,7). The van der Waals surface area contributed by atoms with Crippen LogP contribution in [0.4, 0.5) is 0 Å². The molecule has 0 aliphatic carbocycles. The van der Waals surface area contributed by atoms with E-state index in [0.29, 0.717) is 0 Å². The normalized spacial score (nSPS) is 9.30. The van der Waals surface area contributed by atoms with Gasteiger partial charge in [0.1, 0.15) is 0 Å². The number of carbonyl (C=O) groups excluding carboxylic acids is 1. The molecule has 6 nitrogen and oxygen atoms in total. The molecule has 0 aliphatic rings. The lowest BCUT2D eigenvalue weighted by Gasteiger charge is -1.87. The van der Waals surface area contributed by atoms with Crippen LogP contribution in [0, 0.1) is 0 Å². The lowest BCUT2D eigenvalue weighted by atomic mass is 10.4. The van der Waals surface area contributed by atoms with Crippen LogP contribution in [0.1, 0.15) is 10.6 Å². The minimum absolute atomic E-state index is 0.257. The maximum atomic E-state index is 10.4. The van der Waals surface area contributed by atoms with Gasteiger partial charge >= 0.3 is 5.91 Å². The number of rotatable bonds is 1. The quantitative estimate of drug-likeness (QED) is 0.351. The number of H-pyrrole nitrogens is 1. The van der Waals surface area contributed by atoms with Gasteiger partial charge in [-0.3, -0.25) is 14.8 Å². The number of hydrogen-bond donors (Lipinski definition) is 3. The molecule has 0 saturated carbocycles. The lowest BCUT2D eigenvalue weighted by Crippen LogP contribution is -2.17. The summed E-state index contributed by atoms with van der Waals surface area (Å²) in [5.74, 6) is -1.12. The van der Waals surface area contributed by atoms with Gasteiger partial charge in [-0.25, -0.2) is 5.48 Å². The third-order valence-corrected chi connectivity index (χ3v) is 0.849. The van der Waals surface area contributed by atoms with Crippen molar-refractivity contribution in [3.63, 3.8) is 0 Å². The fourth-order valence-corrected chi connectivity index (χ4v) is 0.450. The Kier molecular flexibility index (Phi) is 1.55. The molecule has 3 N–H and O–H groups in total. The van der Waals surface area contributed by atoms with Crippen molar-refractivity contribution in [2.45, 2.75) is 0 Å². The first kappa shape index (κ1) is 6.56. The van der Waals surface area contributed by atoms with E-state index in [4.69, 9.17) is 5.21 Å². The number of aromatic nitrogens is 1. The Balaban J connectivity index is 2.95. The Bertz CT molecular complexity index is 285. The molecule has 0 saturated heterocycles. The number of carbonyl (C=O) groups is 1. The largest absolute Gasteiger partial charge is 0.373 e. The molecule has 0 spiro atoms. The Labute approximate surface area is 54.4 Å². The monoisotopic (exact) mass is 144 g/mol. The van der Waals surface area contributed by atoms with Gasteiger partial charge in [0.2, 0.25) is 5.76 Å². The SMILES string of the molecule is O=C(NO)c1cc(=O)[nH]o1. The van der Waals surface area contributed by atoms with Crippen LogP contribution in [0.15, 0.2) is 15.4 Å². The van der Waals surface area contributed by atoms with Crippen LogP contribution >= 0.6 is 0 Å². The molecular formula is C4H4N2O4. The molecule has 0 aromatic carbocycles. The van der Waals surface area contributed by atoms with Crippen molar-refractivity contribution in [3.8, 4) is 0 Å². The van der Waals surface area contributed by atoms with Crippen LogP contribution in [0.2, 0.25) is 0 Å². The zero-order valence-corrected chi connectivity index (χ0v) is 4.75. The second-order valence-electron chi connectivity index (χ2n) is 1.52. The van der Waals surface area contributed by atoms with Crippen molar-refractivity contribution in [3.05, 3.63) is 22.2 Å². The van der Waals surface area contributed by atoms with E-state index < -0.39 is 11.5 Å². The van der Waals surface area contributed by atoms with E-state index in [0.717, 1.165) is 6.07 Å². The Morgan fingerprint density at radius 2 is 2.50 bits per heavy atom. The summed E-state index contributed by atoms with van der Waals surface area (Å²) in [6.45, 7) is 0. The molecule has 0 fully saturated rings. The lowest BCUT2D eigenvalue weighted by molar-refractivity contribution is 0.0667. The van der Waals surface area contributed by atoms with Crippen LogP contribution in [-0.2, 0) is 0 Å². The molecule has 0 radical (unpaired) electrons. The van der Waals surface area contributed by atoms with Gasteiger partial charge in [0.15, 0.2) is 0 Å². The highest BCUT2D eigenvalue weighted by Gasteiger charge is 2.08. The number of amides is 1. The first-order chi connectivity index (χ1) is 4.74. The Hall–Kier alpha value is -1.56. The first-order valence-corrected chi connectivity index (χ1v) is 2.37. The number of hydroxylamine groups is 1. The first-order valence-electron chi connectivity index (χ1n) is 2.37. The predicted molar refractivity (Wildman–Crippen MR) is 28.6 cm³/mol. The maximum absolute atomic E-state index is 10.4. The van der Waals surface area contributed by atoms with E-state index >= 15 is 0 Å². The summed E-state index contributed by atoms with van der Waals surface area (Å²) in [6.07, 6.45) is 0. The number of aromatic amines is 1. The summed E-state index contributed by atoms with van der Waals surface area (Å²) in [5.41, 5.74) is 0.774. The van der Waals surface area contributed by atoms with Gasteiger partial charge in [-0.05, 0) is 0 Å². The summed E-state index contributed by atoms with van der Waals surface area (Å²) in [6, 6.07) is 0.922. The van der Waals surface area contributed by atoms with Crippen molar-refractivity contribution in [2.75, 3.05) is 0 Å². The van der Waals surface area contributed by atoms with Gasteiger partial charge in [-0.15, -0.1) is 0 Å². The van der Waals surface area contributed by atoms with Gasteiger partial charge in [0, 0.05) is 0 Å². The van der Waals surface area contributed by atoms with E-state index in [1.165, 1.54) is 5.48 Å². The predicted octanol–water partition coefficient (Wildman–Crippen LogP) is -0.913. The van der Waals surface area contributed by atoms with E-state index in [2.05, 4.69) is 4.52 Å². The summed E-state index contributed by atoms with van der Waals surface area (Å²) in [7, 11) is 0. The summed E-state index contributed by atoms with van der Waals surface area (Å²) in [5, 5.41) is 9.90. The molecule has 0 unspecified atom stereocenters. The third kappa shape index (κ3) is 1.06. The van der Waals surface area contributed by atoms with Gasteiger partial charge in [0.25, 0.3) is 5.56 Å². The van der Waals surface area contributed by atoms with Gasteiger partial charge in [-0.2, -0.15) is 5.16 Å². The van der Waals surface area contributed by atoms with Crippen LogP contribution in [0.25, 0.3) is 0 Å². The minimum Gasteiger partial charge on any atom is -0.373 e. The van der Waals surface area contributed by atoms with Gasteiger partial charge < -0.3 is 4.52 Å². The van der Waals surface area contributed by atoms with Crippen LogP contribution in [0.3, 0.4) is 0 Å². The molecule has 10 heavy (non-hydrogen) atoms. The van der Waals surface area contributed by atoms with Crippen molar-refractivity contribution < 1.29 is 14.5 Å². The maximum Gasteiger partial charge on any atom is 0.313 e. The van der Waals surface area contributed by atoms with Crippen LogP contribution < -0.4 is 11.0 Å². The molecule has 1 rings (SSSR count). The average Bonchev–Trinajstić information content (AvgIpc) is 2.34. The molecule has 6 heteroatoms. The molecular weight excluding hydrogens is 140 g/mol. The van der Waals surface area contributed by atoms with Crippen molar-refractivity contribution in [2.24, 2.45) is 0 Å². The van der Waals surface area contributed by atoms with E-state index in [1.54, 1.807) is 0 Å². The number of hydrogen-bond acceptors (Lipinski definition) is 4. The van der Waals surface area contributed by atoms with E-state index in [-0.39, 0.29) is 5.76 Å². The molecule has 0 bridgehead atoms. The Morgan fingerprint density at radius 3 is 2.90 bits per heavy atom. The molecule has 54 valence electrons. The minimum atomic E-state index is -0.863. The van der Waals surface area contributed by atoms with Crippen LogP contribution in [0.5, 0.6) is 0 Å². The number of nitrogens with one attached hydrogen (secondary N) is 2. The average molecular weight is 144 g/mol. The Morgan fingerprint density at radius 1 is 1.80 bits per heavy atom. The summed E-state index contributed by atoms with van der Waals surface area (Å²) >= 11 is 0. The summed E-state index contributed by atoms with van der Waals surface area (Å²) < 4.78 is 4.31. The van der Waals surface area contributed by atoms with E-state index in [9.17, 15) is 9.59 Å². The zero-order chi connectivity index (χ0) is 7.56. The molecule has 0 atom stereocenters. The fourth-order valence-electron chi connectivity index (χ4n) is 0.450.